The van der Waals surface area contributed by atoms with Gasteiger partial charge in [-0.05, 0) is 0 Å². The fraction of sp³-hybridized carbons (Fsp3) is 0.238. The quantitative estimate of drug-likeness (QED) is 0.449. The van der Waals surface area contributed by atoms with Gasteiger partial charge in [-0.3, -0.25) is 0 Å². The van der Waals surface area contributed by atoms with Crippen molar-refractivity contribution in [2.24, 2.45) is 5.92 Å². The van der Waals surface area contributed by atoms with Gasteiger partial charge in [0.05, 0.1) is 0 Å². The molecular weight excluding hydrogens is 406 g/mol. The number of hydrogen-bond acceptors (Lipinski definition) is 0. The predicted octanol–water partition coefficient (Wildman–Crippen LogP) is -3.38. The molecule has 4 heteroatoms. The minimum Gasteiger partial charge on any atom is -1.00 e. The third-order valence-electron chi connectivity index (χ3n) is 4.88. The molecule has 25 heavy (non-hydrogen) atoms. The molecule has 1 unspecified atom stereocenters. The molecule has 2 aromatic rings. The molecule has 0 N–H and O–H groups in total. The minimum absolute atomic E-state index is 0. The van der Waals surface area contributed by atoms with Crippen LogP contribution in [0.4, 0.5) is 0 Å². The summed E-state index contributed by atoms with van der Waals surface area (Å²) < 4.78 is 1.52. The molecule has 1 aliphatic rings. The smallest absolute Gasteiger partial charge is 1.00 e. The Bertz CT molecular complexity index is 697. The third-order valence-corrected chi connectivity index (χ3v) is 6.14. The van der Waals surface area contributed by atoms with E-state index in [0.717, 1.165) is 0 Å². The van der Waals surface area contributed by atoms with Gasteiger partial charge in [0.15, 0.2) is 0 Å². The van der Waals surface area contributed by atoms with Crippen molar-refractivity contribution in [1.29, 1.82) is 0 Å². The van der Waals surface area contributed by atoms with Crippen molar-refractivity contribution in [1.82, 2.24) is 0 Å². The standard InChI is InChI=1S/C21H21.3ClH.Ti/c1-15-14-16(2)20(17(15)3)21(18-10-6-4-7-11-18)19-12-8-5-9-13-19;;;;/h4-13,16,21H,1-3H3;3*1H;/q;;;;+3/p-3. The number of halogens is 3. The van der Waals surface area contributed by atoms with Crippen LogP contribution in [0.3, 0.4) is 0 Å². The van der Waals surface area contributed by atoms with Gasteiger partial charge in [-0.25, -0.2) is 0 Å². The van der Waals surface area contributed by atoms with Gasteiger partial charge in [-0.15, -0.1) is 0 Å². The van der Waals surface area contributed by atoms with Crippen LogP contribution in [-0.4, -0.2) is 0 Å². The van der Waals surface area contributed by atoms with E-state index in [1.807, 2.05) is 0 Å². The van der Waals surface area contributed by atoms with E-state index >= 15 is 0 Å². The van der Waals surface area contributed by atoms with Crippen LogP contribution in [0.25, 0.3) is 0 Å². The molecule has 0 heterocycles. The summed E-state index contributed by atoms with van der Waals surface area (Å²) in [5.41, 5.74) is 7.28. The van der Waals surface area contributed by atoms with Gasteiger partial charge < -0.3 is 37.2 Å². The van der Waals surface area contributed by atoms with Gasteiger partial charge in [0.25, 0.3) is 0 Å². The van der Waals surface area contributed by atoms with E-state index in [1.54, 1.807) is 5.57 Å². The molecule has 0 amide bonds. The van der Waals surface area contributed by atoms with Gasteiger partial charge in [-0.1, -0.05) is 0 Å². The molecule has 2 aromatic carbocycles. The van der Waals surface area contributed by atoms with Crippen LogP contribution in [0.1, 0.15) is 37.8 Å². The summed E-state index contributed by atoms with van der Waals surface area (Å²) in [6.45, 7) is 6.90. The third kappa shape index (κ3) is 4.82. The second-order valence-corrected chi connectivity index (χ2v) is 6.94. The van der Waals surface area contributed by atoms with E-state index in [-0.39, 0.29) is 37.2 Å². The van der Waals surface area contributed by atoms with Crippen LogP contribution in [0, 0.1) is 5.92 Å². The van der Waals surface area contributed by atoms with Crippen molar-refractivity contribution in [2.75, 3.05) is 0 Å². The fourth-order valence-electron chi connectivity index (χ4n) is 3.53. The van der Waals surface area contributed by atoms with E-state index in [0.29, 0.717) is 11.8 Å². The first-order valence-electron chi connectivity index (χ1n) is 7.84. The van der Waals surface area contributed by atoms with Gasteiger partial charge in [0, 0.05) is 0 Å². The van der Waals surface area contributed by atoms with Crippen LogP contribution < -0.4 is 37.2 Å². The van der Waals surface area contributed by atoms with Crippen molar-refractivity contribution in [3.63, 3.8) is 0 Å². The van der Waals surface area contributed by atoms with Crippen molar-refractivity contribution in [2.45, 2.75) is 26.7 Å². The Labute approximate surface area is 181 Å². The van der Waals surface area contributed by atoms with Crippen LogP contribution in [0.2, 0.25) is 0 Å². The Morgan fingerprint density at radius 2 is 1.12 bits per heavy atom. The van der Waals surface area contributed by atoms with Gasteiger partial charge >= 0.3 is 145 Å². The molecule has 3 rings (SSSR count). The first-order valence-corrected chi connectivity index (χ1v) is 8.62. The Balaban J connectivity index is 0.00000192. The number of hydrogen-bond donors (Lipinski definition) is 0. The molecule has 0 spiro atoms. The summed E-state index contributed by atoms with van der Waals surface area (Å²) in [7, 11) is 0. The predicted molar refractivity (Wildman–Crippen MR) is 89.3 cm³/mol. The molecule has 1 atom stereocenters. The molecule has 0 saturated carbocycles. The molecule has 0 saturated heterocycles. The topological polar surface area (TPSA) is 0 Å². The Morgan fingerprint density at radius 1 is 0.720 bits per heavy atom. The summed E-state index contributed by atoms with van der Waals surface area (Å²) in [4.78, 5) is 0. The number of allylic oxidation sites excluding steroid dienone is 4. The largest absolute Gasteiger partial charge is 1.00 e. The second kappa shape index (κ2) is 10.6. The average Bonchev–Trinajstić information content (AvgIpc) is 2.75. The zero-order valence-corrected chi connectivity index (χ0v) is 18.4. The molecule has 0 bridgehead atoms. The van der Waals surface area contributed by atoms with Crippen molar-refractivity contribution in [3.8, 4) is 0 Å². The van der Waals surface area contributed by atoms with Crippen LogP contribution in [0.15, 0.2) is 81.3 Å². The summed E-state index contributed by atoms with van der Waals surface area (Å²) in [6.07, 6.45) is 0. The maximum absolute atomic E-state index is 2.35. The molecule has 0 nitrogen and oxygen atoms in total. The zero-order valence-electron chi connectivity index (χ0n) is 14.6. The Hall–Kier alpha value is -0.496. The molecule has 0 aliphatic heterocycles. The first-order chi connectivity index (χ1) is 10.6. The summed E-state index contributed by atoms with van der Waals surface area (Å²) in [6, 6.07) is 21.8. The molecule has 0 radical (unpaired) electrons. The minimum atomic E-state index is 0. The van der Waals surface area contributed by atoms with E-state index in [2.05, 4.69) is 102 Å². The second-order valence-electron chi connectivity index (χ2n) is 6.10. The molecule has 130 valence electrons. The monoisotopic (exact) mass is 426 g/mol. The number of benzene rings is 2. The van der Waals surface area contributed by atoms with Crippen LogP contribution in [-0.2, 0) is 20.4 Å². The van der Waals surface area contributed by atoms with E-state index in [1.165, 1.54) is 26.2 Å². The van der Waals surface area contributed by atoms with Gasteiger partial charge in [0.1, 0.15) is 0 Å². The molecule has 1 aliphatic carbocycles. The van der Waals surface area contributed by atoms with E-state index < -0.39 is 0 Å². The van der Waals surface area contributed by atoms with Crippen molar-refractivity contribution in [3.05, 3.63) is 92.4 Å². The van der Waals surface area contributed by atoms with Crippen molar-refractivity contribution < 1.29 is 57.7 Å². The maximum atomic E-state index is 2.35. The fourth-order valence-corrected chi connectivity index (χ4v) is 4.07. The van der Waals surface area contributed by atoms with E-state index in [4.69, 9.17) is 0 Å². The SMILES string of the molecule is CC1=[C]([Ti+3])C(C)C(C(c2ccccc2)c2ccccc2)=C1C.[Cl-].[Cl-].[Cl-]. The van der Waals surface area contributed by atoms with Crippen molar-refractivity contribution >= 4 is 0 Å². The Morgan fingerprint density at radius 3 is 1.44 bits per heavy atom. The maximum Gasteiger partial charge on any atom is -1.00 e. The Kier molecular flexibility index (Phi) is 10.4. The van der Waals surface area contributed by atoms with Crippen LogP contribution >= 0.6 is 0 Å². The van der Waals surface area contributed by atoms with Gasteiger partial charge in [-0.2, -0.15) is 0 Å². The first kappa shape index (κ1) is 24.5. The number of rotatable bonds is 3. The molecular formula is C21H21Cl3Ti. The normalized spacial score (nSPS) is 16.3. The average molecular weight is 428 g/mol. The summed E-state index contributed by atoms with van der Waals surface area (Å²) >= 11 is 2.28. The van der Waals surface area contributed by atoms with Crippen LogP contribution in [0.5, 0.6) is 0 Å². The summed E-state index contributed by atoms with van der Waals surface area (Å²) in [5.74, 6) is 0.871. The van der Waals surface area contributed by atoms with E-state index in [9.17, 15) is 0 Å². The van der Waals surface area contributed by atoms with Gasteiger partial charge in [0.2, 0.25) is 0 Å². The summed E-state index contributed by atoms with van der Waals surface area (Å²) in [5, 5.41) is 0. The molecule has 0 aromatic heterocycles. The molecule has 0 fully saturated rings. The zero-order chi connectivity index (χ0) is 15.7.